The van der Waals surface area contributed by atoms with E-state index in [-0.39, 0.29) is 12.3 Å². The molecule has 0 saturated carbocycles. The standard InChI is InChI=1S/C20H21BN2O5/c1-27-20(25)18-15-4-2-3-5-16(15)28-21(26)19(18)23-17(24)9-12-6-7-13-10-22-11-14(13)8-12/h2-8,18-19,22,26H,9-11H2,1H3,(H,23,24). The molecule has 1 amide bonds. The molecule has 2 aromatic rings. The summed E-state index contributed by atoms with van der Waals surface area (Å²) in [7, 11) is -0.0725. The van der Waals surface area contributed by atoms with Crippen LogP contribution in [0.15, 0.2) is 42.5 Å². The molecule has 4 rings (SSSR count). The van der Waals surface area contributed by atoms with Crippen molar-refractivity contribution in [3.05, 3.63) is 64.7 Å². The molecular formula is C20H21BN2O5. The van der Waals surface area contributed by atoms with Crippen molar-refractivity contribution in [2.45, 2.75) is 31.4 Å². The van der Waals surface area contributed by atoms with E-state index in [2.05, 4.69) is 10.6 Å². The van der Waals surface area contributed by atoms with E-state index in [0.717, 1.165) is 18.7 Å². The molecule has 28 heavy (non-hydrogen) atoms. The summed E-state index contributed by atoms with van der Waals surface area (Å²) in [4.78, 5) is 25.1. The number of ether oxygens (including phenoxy) is 1. The predicted octanol–water partition coefficient (Wildman–Crippen LogP) is 0.686. The summed E-state index contributed by atoms with van der Waals surface area (Å²) in [5.74, 6) is -2.22. The molecule has 0 saturated heterocycles. The van der Waals surface area contributed by atoms with E-state index in [1.807, 2.05) is 18.2 Å². The topological polar surface area (TPSA) is 96.9 Å². The first-order chi connectivity index (χ1) is 13.6. The third-order valence-corrected chi connectivity index (χ3v) is 5.22. The van der Waals surface area contributed by atoms with Crippen LogP contribution in [-0.2, 0) is 33.8 Å². The second-order valence-electron chi connectivity index (χ2n) is 7.02. The van der Waals surface area contributed by atoms with E-state index in [1.54, 1.807) is 24.3 Å². The Labute approximate surface area is 163 Å². The van der Waals surface area contributed by atoms with Crippen LogP contribution in [0.4, 0.5) is 0 Å². The van der Waals surface area contributed by atoms with Gasteiger partial charge in [0.25, 0.3) is 0 Å². The van der Waals surface area contributed by atoms with Crippen LogP contribution in [0.5, 0.6) is 5.75 Å². The number of para-hydroxylation sites is 1. The first-order valence-corrected chi connectivity index (χ1v) is 9.19. The number of rotatable bonds is 4. The van der Waals surface area contributed by atoms with Crippen molar-refractivity contribution < 1.29 is 24.0 Å². The number of benzene rings is 2. The molecule has 7 nitrogen and oxygen atoms in total. The number of nitrogens with one attached hydrogen (secondary N) is 2. The maximum atomic E-state index is 12.6. The fourth-order valence-electron chi connectivity index (χ4n) is 3.84. The molecule has 0 spiro atoms. The van der Waals surface area contributed by atoms with Crippen LogP contribution in [-0.4, -0.2) is 37.1 Å². The zero-order valence-corrected chi connectivity index (χ0v) is 15.5. The summed E-state index contributed by atoms with van der Waals surface area (Å²) in [6.07, 6.45) is 0.145. The maximum absolute atomic E-state index is 12.6. The Balaban J connectivity index is 1.53. The van der Waals surface area contributed by atoms with Crippen LogP contribution in [0, 0.1) is 0 Å². The maximum Gasteiger partial charge on any atom is 0.547 e. The molecule has 144 valence electrons. The highest BCUT2D eigenvalue weighted by molar-refractivity contribution is 6.47. The lowest BCUT2D eigenvalue weighted by molar-refractivity contribution is -0.143. The van der Waals surface area contributed by atoms with Crippen LogP contribution < -0.4 is 15.3 Å². The van der Waals surface area contributed by atoms with Crippen LogP contribution >= 0.6 is 0 Å². The molecule has 0 aliphatic carbocycles. The summed E-state index contributed by atoms with van der Waals surface area (Å²) in [5.41, 5.74) is 3.88. The molecule has 2 aromatic carbocycles. The van der Waals surface area contributed by atoms with Crippen molar-refractivity contribution in [2.24, 2.45) is 0 Å². The Morgan fingerprint density at radius 2 is 2.04 bits per heavy atom. The number of fused-ring (bicyclic) bond motifs is 2. The number of esters is 1. The first kappa shape index (κ1) is 18.5. The Morgan fingerprint density at radius 1 is 1.25 bits per heavy atom. The third kappa shape index (κ3) is 3.48. The van der Waals surface area contributed by atoms with Crippen molar-refractivity contribution >= 4 is 19.0 Å². The van der Waals surface area contributed by atoms with Gasteiger partial charge in [-0.3, -0.25) is 9.59 Å². The molecule has 2 aliphatic rings. The molecule has 2 atom stereocenters. The molecule has 3 N–H and O–H groups in total. The number of carbonyl (C=O) groups excluding carboxylic acids is 2. The lowest BCUT2D eigenvalue weighted by Gasteiger charge is -2.33. The van der Waals surface area contributed by atoms with Crippen molar-refractivity contribution in [3.63, 3.8) is 0 Å². The largest absolute Gasteiger partial charge is 0.547 e. The van der Waals surface area contributed by atoms with Gasteiger partial charge in [-0.15, -0.1) is 0 Å². The van der Waals surface area contributed by atoms with Crippen LogP contribution in [0.1, 0.15) is 28.2 Å². The fourth-order valence-corrected chi connectivity index (χ4v) is 3.84. The zero-order valence-electron chi connectivity index (χ0n) is 15.5. The lowest BCUT2D eigenvalue weighted by Crippen LogP contribution is -2.57. The average Bonchev–Trinajstić information content (AvgIpc) is 3.15. The SMILES string of the molecule is COC(=O)C1c2ccccc2OB(O)C1NC(=O)Cc1ccc2c(c1)CNC2. The van der Waals surface area contributed by atoms with Gasteiger partial charge in [0.05, 0.1) is 19.5 Å². The van der Waals surface area contributed by atoms with Crippen molar-refractivity contribution in [1.29, 1.82) is 0 Å². The second kappa shape index (κ2) is 7.65. The van der Waals surface area contributed by atoms with E-state index < -0.39 is 24.9 Å². The molecule has 0 bridgehead atoms. The molecule has 2 aliphatic heterocycles. The van der Waals surface area contributed by atoms with Gasteiger partial charge in [0.15, 0.2) is 0 Å². The molecule has 0 radical (unpaired) electrons. The lowest BCUT2D eigenvalue weighted by atomic mass is 9.66. The van der Waals surface area contributed by atoms with Crippen molar-refractivity contribution in [2.75, 3.05) is 7.11 Å². The summed E-state index contributed by atoms with van der Waals surface area (Å²) in [6, 6.07) is 12.9. The number of methoxy groups -OCH3 is 1. The van der Waals surface area contributed by atoms with E-state index in [4.69, 9.17) is 9.39 Å². The van der Waals surface area contributed by atoms with Gasteiger partial charge in [-0.25, -0.2) is 0 Å². The number of amides is 1. The van der Waals surface area contributed by atoms with Gasteiger partial charge in [0.2, 0.25) is 5.91 Å². The minimum absolute atomic E-state index is 0.145. The molecule has 0 aromatic heterocycles. The van der Waals surface area contributed by atoms with Gasteiger partial charge in [-0.1, -0.05) is 36.4 Å². The van der Waals surface area contributed by atoms with Gasteiger partial charge < -0.3 is 25.0 Å². The molecule has 2 heterocycles. The number of hydrogen-bond acceptors (Lipinski definition) is 6. The van der Waals surface area contributed by atoms with E-state index >= 15 is 0 Å². The molecule has 2 unspecified atom stereocenters. The zero-order chi connectivity index (χ0) is 19.7. The minimum atomic E-state index is -1.35. The molecule has 0 fully saturated rings. The Kier molecular flexibility index (Phi) is 5.06. The normalized spacial score (nSPS) is 20.0. The predicted molar refractivity (Wildman–Crippen MR) is 102 cm³/mol. The third-order valence-electron chi connectivity index (χ3n) is 5.22. The quantitative estimate of drug-likeness (QED) is 0.534. The van der Waals surface area contributed by atoms with Gasteiger partial charge >= 0.3 is 13.1 Å². The Bertz CT molecular complexity index is 919. The summed E-state index contributed by atoms with van der Waals surface area (Å²) < 4.78 is 10.4. The van der Waals surface area contributed by atoms with E-state index in [0.29, 0.717) is 11.3 Å². The smallest absolute Gasteiger partial charge is 0.535 e. The van der Waals surface area contributed by atoms with E-state index in [9.17, 15) is 14.6 Å². The Hall–Kier alpha value is -2.84. The monoisotopic (exact) mass is 380 g/mol. The fraction of sp³-hybridized carbons (Fsp3) is 0.300. The molecule has 8 heteroatoms. The summed E-state index contributed by atoms with van der Waals surface area (Å²) in [5, 5.41) is 16.5. The first-order valence-electron chi connectivity index (χ1n) is 9.19. The highest BCUT2D eigenvalue weighted by Gasteiger charge is 2.47. The van der Waals surface area contributed by atoms with Crippen molar-refractivity contribution in [3.8, 4) is 5.75 Å². The highest BCUT2D eigenvalue weighted by Crippen LogP contribution is 2.35. The van der Waals surface area contributed by atoms with Gasteiger partial charge in [-0.05, 0) is 22.8 Å². The van der Waals surface area contributed by atoms with Gasteiger partial charge in [0, 0.05) is 18.7 Å². The van der Waals surface area contributed by atoms with Crippen LogP contribution in [0.3, 0.4) is 0 Å². The number of hydrogen-bond donors (Lipinski definition) is 3. The molecular weight excluding hydrogens is 359 g/mol. The summed E-state index contributed by atoms with van der Waals surface area (Å²) in [6.45, 7) is 1.63. The van der Waals surface area contributed by atoms with Gasteiger partial charge in [-0.2, -0.15) is 0 Å². The van der Waals surface area contributed by atoms with Crippen LogP contribution in [0.25, 0.3) is 0 Å². The van der Waals surface area contributed by atoms with Gasteiger partial charge in [0.1, 0.15) is 11.7 Å². The van der Waals surface area contributed by atoms with Crippen molar-refractivity contribution in [1.82, 2.24) is 10.6 Å². The van der Waals surface area contributed by atoms with Crippen LogP contribution in [0.2, 0.25) is 0 Å². The van der Waals surface area contributed by atoms with E-state index in [1.165, 1.54) is 18.2 Å². The minimum Gasteiger partial charge on any atom is -0.535 e. The highest BCUT2D eigenvalue weighted by atomic mass is 16.5. The summed E-state index contributed by atoms with van der Waals surface area (Å²) >= 11 is 0. The average molecular weight is 380 g/mol. The second-order valence-corrected chi connectivity index (χ2v) is 7.02. The Morgan fingerprint density at radius 3 is 2.86 bits per heavy atom. The number of carbonyl (C=O) groups is 2.